The Balaban J connectivity index is 0.000000241. The second-order valence-electron chi connectivity index (χ2n) is 4.20. The maximum atomic E-state index is 9.82. The Kier molecular flexibility index (Phi) is 12.8. The lowest BCUT2D eigenvalue weighted by atomic mass is 10.0. The van der Waals surface area contributed by atoms with Crippen LogP contribution in [0.5, 0.6) is 0 Å². The van der Waals surface area contributed by atoms with Crippen molar-refractivity contribution in [3.8, 4) is 0 Å². The molecule has 0 atom stereocenters. The standard InChI is InChI=1S/C6H12.C6H6.C4H8O2/c2*1-2-4-6-5-3-1;1-3-6-4(2)5/h1-6H2;1-6H;3H2,1-2H3. The summed E-state index contributed by atoms with van der Waals surface area (Å²) >= 11 is 0. The number of carbonyl (C=O) groups is 1. The monoisotopic (exact) mass is 250 g/mol. The molecule has 0 spiro atoms. The van der Waals surface area contributed by atoms with Gasteiger partial charge in [-0.1, -0.05) is 74.9 Å². The van der Waals surface area contributed by atoms with Crippen molar-refractivity contribution in [3.05, 3.63) is 36.4 Å². The van der Waals surface area contributed by atoms with E-state index >= 15 is 0 Å². The van der Waals surface area contributed by atoms with Crippen LogP contribution in [0, 0.1) is 0 Å². The average molecular weight is 250 g/mol. The molecule has 0 radical (unpaired) electrons. The average Bonchev–Trinajstić information content (AvgIpc) is 2.44. The minimum atomic E-state index is -0.211. The van der Waals surface area contributed by atoms with E-state index < -0.39 is 0 Å². The molecule has 102 valence electrons. The lowest BCUT2D eigenvalue weighted by Gasteiger charge is -2.05. The van der Waals surface area contributed by atoms with Crippen LogP contribution in [0.15, 0.2) is 36.4 Å². The molecule has 0 aliphatic heterocycles. The van der Waals surface area contributed by atoms with Crippen molar-refractivity contribution >= 4 is 5.97 Å². The third-order valence-electron chi connectivity index (χ3n) is 2.51. The number of benzene rings is 1. The number of ether oxygens (including phenoxy) is 1. The third-order valence-corrected chi connectivity index (χ3v) is 2.51. The molecule has 1 saturated carbocycles. The second kappa shape index (κ2) is 13.8. The van der Waals surface area contributed by atoms with E-state index in [1.807, 2.05) is 36.4 Å². The molecule has 1 fully saturated rings. The minimum absolute atomic E-state index is 0.211. The van der Waals surface area contributed by atoms with Crippen LogP contribution < -0.4 is 0 Å². The van der Waals surface area contributed by atoms with Gasteiger partial charge in [-0.15, -0.1) is 0 Å². The zero-order valence-corrected chi connectivity index (χ0v) is 11.7. The summed E-state index contributed by atoms with van der Waals surface area (Å²) in [4.78, 5) is 9.82. The van der Waals surface area contributed by atoms with Gasteiger partial charge in [-0.25, -0.2) is 0 Å². The van der Waals surface area contributed by atoms with E-state index in [1.54, 1.807) is 6.92 Å². The van der Waals surface area contributed by atoms with Gasteiger partial charge in [0.15, 0.2) is 0 Å². The number of hydrogen-bond acceptors (Lipinski definition) is 2. The summed E-state index contributed by atoms with van der Waals surface area (Å²) < 4.78 is 4.40. The van der Waals surface area contributed by atoms with Gasteiger partial charge in [-0.2, -0.15) is 0 Å². The maximum Gasteiger partial charge on any atom is 0.302 e. The first-order chi connectivity index (χ1) is 8.77. The van der Waals surface area contributed by atoms with Crippen molar-refractivity contribution < 1.29 is 9.53 Å². The molecule has 0 bridgehead atoms. The summed E-state index contributed by atoms with van der Waals surface area (Å²) in [6.45, 7) is 3.65. The molecule has 1 aliphatic carbocycles. The minimum Gasteiger partial charge on any atom is -0.466 e. The molecule has 18 heavy (non-hydrogen) atoms. The summed E-state index contributed by atoms with van der Waals surface area (Å²) in [6, 6.07) is 12.0. The van der Waals surface area contributed by atoms with Gasteiger partial charge in [0.25, 0.3) is 0 Å². The lowest BCUT2D eigenvalue weighted by Crippen LogP contribution is -1.95. The van der Waals surface area contributed by atoms with Crippen molar-refractivity contribution in [2.24, 2.45) is 0 Å². The second-order valence-corrected chi connectivity index (χ2v) is 4.20. The molecule has 0 saturated heterocycles. The predicted molar refractivity (Wildman–Crippen MR) is 76.5 cm³/mol. The van der Waals surface area contributed by atoms with Crippen LogP contribution in [0.3, 0.4) is 0 Å². The number of rotatable bonds is 1. The first kappa shape index (κ1) is 16.7. The largest absolute Gasteiger partial charge is 0.466 e. The molecule has 1 aliphatic rings. The summed E-state index contributed by atoms with van der Waals surface area (Å²) in [5, 5.41) is 0. The Bertz CT molecular complexity index is 227. The highest BCUT2D eigenvalue weighted by Gasteiger charge is 1.95. The van der Waals surface area contributed by atoms with E-state index in [9.17, 15) is 4.79 Å². The van der Waals surface area contributed by atoms with E-state index in [2.05, 4.69) is 4.74 Å². The van der Waals surface area contributed by atoms with E-state index in [-0.39, 0.29) is 5.97 Å². The van der Waals surface area contributed by atoms with Crippen LogP contribution in [0.1, 0.15) is 52.4 Å². The van der Waals surface area contributed by atoms with Crippen LogP contribution in [0.4, 0.5) is 0 Å². The zero-order chi connectivity index (χ0) is 13.5. The first-order valence-electron chi connectivity index (χ1n) is 6.90. The van der Waals surface area contributed by atoms with Crippen LogP contribution in [0.25, 0.3) is 0 Å². The van der Waals surface area contributed by atoms with Gasteiger partial charge in [-0.3, -0.25) is 4.79 Å². The van der Waals surface area contributed by atoms with Crippen LogP contribution in [-0.4, -0.2) is 12.6 Å². The summed E-state index contributed by atoms with van der Waals surface area (Å²) in [5.41, 5.74) is 0. The van der Waals surface area contributed by atoms with Crippen LogP contribution in [0.2, 0.25) is 0 Å². The quantitative estimate of drug-likeness (QED) is 0.681. The molecule has 2 nitrogen and oxygen atoms in total. The lowest BCUT2D eigenvalue weighted by molar-refractivity contribution is -0.140. The van der Waals surface area contributed by atoms with Gasteiger partial charge in [0, 0.05) is 6.92 Å². The van der Waals surface area contributed by atoms with Crippen molar-refractivity contribution in [1.29, 1.82) is 0 Å². The Morgan fingerprint density at radius 2 is 1.11 bits per heavy atom. The van der Waals surface area contributed by atoms with Crippen molar-refractivity contribution in [2.45, 2.75) is 52.4 Å². The van der Waals surface area contributed by atoms with Gasteiger partial charge < -0.3 is 4.74 Å². The predicted octanol–water partition coefficient (Wildman–Crippen LogP) is 4.60. The van der Waals surface area contributed by atoms with Crippen LogP contribution in [-0.2, 0) is 9.53 Å². The summed E-state index contributed by atoms with van der Waals surface area (Å²) in [6.07, 6.45) is 9.00. The van der Waals surface area contributed by atoms with Gasteiger partial charge in [-0.05, 0) is 6.92 Å². The molecular formula is C16H26O2. The molecule has 0 heterocycles. The maximum absolute atomic E-state index is 9.82. The molecule has 2 rings (SSSR count). The molecule has 1 aromatic carbocycles. The van der Waals surface area contributed by atoms with Crippen molar-refractivity contribution in [1.82, 2.24) is 0 Å². The number of hydrogen-bond donors (Lipinski definition) is 0. The molecule has 0 aromatic heterocycles. The molecule has 1 aromatic rings. The molecule has 0 amide bonds. The zero-order valence-electron chi connectivity index (χ0n) is 11.7. The first-order valence-corrected chi connectivity index (χ1v) is 6.90. The molecule has 0 unspecified atom stereocenters. The summed E-state index contributed by atoms with van der Waals surface area (Å²) in [5.74, 6) is -0.211. The fourth-order valence-corrected chi connectivity index (χ4v) is 1.65. The van der Waals surface area contributed by atoms with E-state index in [0.717, 1.165) is 0 Å². The van der Waals surface area contributed by atoms with Gasteiger partial charge >= 0.3 is 5.97 Å². The van der Waals surface area contributed by atoms with E-state index in [1.165, 1.54) is 45.4 Å². The normalized spacial score (nSPS) is 13.2. The van der Waals surface area contributed by atoms with Crippen molar-refractivity contribution in [2.75, 3.05) is 6.61 Å². The van der Waals surface area contributed by atoms with Crippen molar-refractivity contribution in [3.63, 3.8) is 0 Å². The Labute approximate surface area is 111 Å². The highest BCUT2D eigenvalue weighted by Crippen LogP contribution is 2.15. The highest BCUT2D eigenvalue weighted by molar-refractivity contribution is 5.65. The van der Waals surface area contributed by atoms with E-state index in [4.69, 9.17) is 0 Å². The van der Waals surface area contributed by atoms with Gasteiger partial charge in [0.2, 0.25) is 0 Å². The Hall–Kier alpha value is -1.31. The molecular weight excluding hydrogens is 224 g/mol. The van der Waals surface area contributed by atoms with Gasteiger partial charge in [0.1, 0.15) is 0 Å². The molecule has 2 heteroatoms. The fourth-order valence-electron chi connectivity index (χ4n) is 1.65. The summed E-state index contributed by atoms with van der Waals surface area (Å²) in [7, 11) is 0. The van der Waals surface area contributed by atoms with Gasteiger partial charge in [0.05, 0.1) is 6.61 Å². The smallest absolute Gasteiger partial charge is 0.302 e. The SMILES string of the molecule is C1CCCCC1.CCOC(C)=O.c1ccccc1. The third kappa shape index (κ3) is 14.7. The number of carbonyl (C=O) groups excluding carboxylic acids is 1. The fraction of sp³-hybridized carbons (Fsp3) is 0.562. The Morgan fingerprint density at radius 3 is 1.22 bits per heavy atom. The molecule has 0 N–H and O–H groups in total. The highest BCUT2D eigenvalue weighted by atomic mass is 16.5. The number of esters is 1. The topological polar surface area (TPSA) is 26.3 Å². The van der Waals surface area contributed by atoms with E-state index in [0.29, 0.717) is 6.61 Å². The Morgan fingerprint density at radius 1 is 0.833 bits per heavy atom. The van der Waals surface area contributed by atoms with Crippen LogP contribution >= 0.6 is 0 Å².